The third-order valence-corrected chi connectivity index (χ3v) is 5.78. The fourth-order valence-corrected chi connectivity index (χ4v) is 1.82. The first kappa shape index (κ1) is 12.3. The van der Waals surface area contributed by atoms with Crippen LogP contribution in [0.25, 0.3) is 0 Å². The molecule has 0 aliphatic carbocycles. The Hall–Kier alpha value is 0.350. The van der Waals surface area contributed by atoms with Crippen molar-refractivity contribution in [1.29, 1.82) is 0 Å². The molecule has 0 heterocycles. The monoisotopic (exact) mass is 194 g/mol. The molecule has 3 heteroatoms. The van der Waals surface area contributed by atoms with E-state index in [1.807, 2.05) is 0 Å². The van der Waals surface area contributed by atoms with Crippen molar-refractivity contribution in [2.45, 2.75) is 6.92 Å². The first-order valence-corrected chi connectivity index (χ1v) is 8.10. The van der Waals surface area contributed by atoms with Crippen LogP contribution in [0, 0.1) is 0 Å². The third-order valence-electron chi connectivity index (χ3n) is 2.31. The summed E-state index contributed by atoms with van der Waals surface area (Å²) in [5.74, 6) is 0. The topological polar surface area (TPSA) is 18.5 Å². The van der Waals surface area contributed by atoms with Gasteiger partial charge in [0, 0.05) is 0 Å². The molecule has 12 heavy (non-hydrogen) atoms. The number of hydrogen-bond donors (Lipinski definition) is 0. The average molecular weight is 194 g/mol. The Morgan fingerprint density at radius 3 is 2.25 bits per heavy atom. The van der Waals surface area contributed by atoms with Crippen molar-refractivity contribution < 1.29 is 9.47 Å². The Bertz CT molecular complexity index is 105. The summed E-state index contributed by atoms with van der Waals surface area (Å²) in [6.07, 6.45) is 2.62. The standard InChI is InChI=1S/C9H23O2P/c1-5-12(3,4)9-8-11-7-6-10-2/h12H,5-9H2,1-4H3. The summed E-state index contributed by atoms with van der Waals surface area (Å²) in [5, 5.41) is 0. The van der Waals surface area contributed by atoms with Crippen LogP contribution in [0.5, 0.6) is 0 Å². The van der Waals surface area contributed by atoms with Crippen molar-refractivity contribution >= 4 is 7.26 Å². The van der Waals surface area contributed by atoms with Crippen LogP contribution in [0.1, 0.15) is 6.92 Å². The molecule has 2 nitrogen and oxygen atoms in total. The summed E-state index contributed by atoms with van der Waals surface area (Å²) >= 11 is 0. The van der Waals surface area contributed by atoms with Gasteiger partial charge >= 0.3 is 76.2 Å². The summed E-state index contributed by atoms with van der Waals surface area (Å²) in [6, 6.07) is 0. The van der Waals surface area contributed by atoms with Crippen molar-refractivity contribution in [1.82, 2.24) is 0 Å². The van der Waals surface area contributed by atoms with E-state index in [0.29, 0.717) is 6.61 Å². The predicted molar refractivity (Wildman–Crippen MR) is 58.3 cm³/mol. The number of rotatable bonds is 7. The van der Waals surface area contributed by atoms with Gasteiger partial charge in [0.1, 0.15) is 0 Å². The van der Waals surface area contributed by atoms with Gasteiger partial charge in [-0.25, -0.2) is 0 Å². The van der Waals surface area contributed by atoms with E-state index >= 15 is 0 Å². The van der Waals surface area contributed by atoms with Gasteiger partial charge in [-0.15, -0.1) is 0 Å². The van der Waals surface area contributed by atoms with Crippen LogP contribution < -0.4 is 0 Å². The molecule has 0 aromatic heterocycles. The SMILES string of the molecule is CC[PH](C)(C)CCOCCOC. The van der Waals surface area contributed by atoms with Gasteiger partial charge in [0.25, 0.3) is 0 Å². The molecule has 0 N–H and O–H groups in total. The Labute approximate surface area is 77.0 Å². The Morgan fingerprint density at radius 1 is 1.08 bits per heavy atom. The maximum atomic E-state index is 5.42. The van der Waals surface area contributed by atoms with Crippen molar-refractivity contribution in [2.24, 2.45) is 0 Å². The second kappa shape index (κ2) is 6.82. The van der Waals surface area contributed by atoms with E-state index in [1.54, 1.807) is 7.11 Å². The molecule has 0 fully saturated rings. The van der Waals surface area contributed by atoms with Crippen LogP contribution in [0.3, 0.4) is 0 Å². The fraction of sp³-hybridized carbons (Fsp3) is 1.00. The molecule has 0 aromatic rings. The van der Waals surface area contributed by atoms with Crippen LogP contribution >= 0.6 is 7.26 Å². The quantitative estimate of drug-likeness (QED) is 0.453. The van der Waals surface area contributed by atoms with Crippen LogP contribution in [0.2, 0.25) is 0 Å². The summed E-state index contributed by atoms with van der Waals surface area (Å²) < 4.78 is 10.3. The Kier molecular flexibility index (Phi) is 7.02. The zero-order chi connectivity index (χ0) is 9.45. The molecule has 0 radical (unpaired) electrons. The van der Waals surface area contributed by atoms with Crippen molar-refractivity contribution in [3.63, 3.8) is 0 Å². The zero-order valence-electron chi connectivity index (χ0n) is 8.85. The van der Waals surface area contributed by atoms with Gasteiger partial charge in [0.05, 0.1) is 0 Å². The molecule has 0 saturated carbocycles. The molecule has 0 rings (SSSR count). The van der Waals surface area contributed by atoms with Crippen molar-refractivity contribution in [3.05, 3.63) is 0 Å². The van der Waals surface area contributed by atoms with Gasteiger partial charge in [-0.1, -0.05) is 0 Å². The normalized spacial score (nSPS) is 13.3. The van der Waals surface area contributed by atoms with Crippen molar-refractivity contribution in [2.75, 3.05) is 52.6 Å². The second-order valence-electron chi connectivity index (χ2n) is 3.87. The Morgan fingerprint density at radius 2 is 1.75 bits per heavy atom. The van der Waals surface area contributed by atoms with E-state index in [1.165, 1.54) is 12.3 Å². The number of ether oxygens (including phenoxy) is 2. The van der Waals surface area contributed by atoms with Crippen LogP contribution in [-0.4, -0.2) is 52.6 Å². The average Bonchev–Trinajstić information content (AvgIpc) is 2.04. The van der Waals surface area contributed by atoms with E-state index in [4.69, 9.17) is 9.47 Å². The van der Waals surface area contributed by atoms with Crippen LogP contribution in [-0.2, 0) is 9.47 Å². The molecule has 0 amide bonds. The summed E-state index contributed by atoms with van der Waals surface area (Å²) in [7, 11) is 0.799. The Balaban J connectivity index is 3.19. The molecular formula is C9H23O2P. The molecule has 0 spiro atoms. The molecule has 0 bridgehead atoms. The van der Waals surface area contributed by atoms with E-state index in [-0.39, 0.29) is 0 Å². The van der Waals surface area contributed by atoms with Gasteiger partial charge < -0.3 is 0 Å². The summed E-state index contributed by atoms with van der Waals surface area (Å²) in [5.41, 5.74) is 0. The molecule has 0 aliphatic heterocycles. The molecule has 0 unspecified atom stereocenters. The molecule has 0 saturated heterocycles. The van der Waals surface area contributed by atoms with E-state index in [9.17, 15) is 0 Å². The molecule has 0 aliphatic rings. The molecule has 0 aromatic carbocycles. The van der Waals surface area contributed by atoms with Gasteiger partial charge in [0.15, 0.2) is 0 Å². The molecule has 0 atom stereocenters. The minimum absolute atomic E-state index is 0.716. The fourth-order valence-electron chi connectivity index (χ4n) is 0.770. The van der Waals surface area contributed by atoms with Crippen molar-refractivity contribution in [3.8, 4) is 0 Å². The summed E-state index contributed by atoms with van der Waals surface area (Å²) in [4.78, 5) is 0. The number of hydrogen-bond acceptors (Lipinski definition) is 2. The first-order chi connectivity index (χ1) is 5.62. The van der Waals surface area contributed by atoms with E-state index in [0.717, 1.165) is 13.2 Å². The van der Waals surface area contributed by atoms with Gasteiger partial charge in [-0.3, -0.25) is 0 Å². The molecule has 76 valence electrons. The van der Waals surface area contributed by atoms with Gasteiger partial charge in [0.2, 0.25) is 0 Å². The van der Waals surface area contributed by atoms with E-state index < -0.39 is 7.26 Å². The van der Waals surface area contributed by atoms with E-state index in [2.05, 4.69) is 20.3 Å². The second-order valence-corrected chi connectivity index (χ2v) is 9.41. The zero-order valence-corrected chi connectivity index (χ0v) is 9.85. The van der Waals surface area contributed by atoms with Crippen LogP contribution in [0.15, 0.2) is 0 Å². The first-order valence-electron chi connectivity index (χ1n) is 4.69. The summed E-state index contributed by atoms with van der Waals surface area (Å²) in [6.45, 7) is 9.47. The third kappa shape index (κ3) is 7.02. The molecular weight excluding hydrogens is 171 g/mol. The van der Waals surface area contributed by atoms with Gasteiger partial charge in [-0.05, 0) is 0 Å². The minimum atomic E-state index is -0.903. The predicted octanol–water partition coefficient (Wildman–Crippen LogP) is 1.68. The van der Waals surface area contributed by atoms with Gasteiger partial charge in [-0.2, -0.15) is 0 Å². The number of methoxy groups -OCH3 is 1. The maximum absolute atomic E-state index is 5.42. The van der Waals surface area contributed by atoms with Crippen LogP contribution in [0.4, 0.5) is 0 Å².